The van der Waals surface area contributed by atoms with E-state index in [9.17, 15) is 14.7 Å². The summed E-state index contributed by atoms with van der Waals surface area (Å²) >= 11 is 0. The standard InChI is InChI=1S/C22H34O4/c1-7-20(5)11-16(26-12-23)21(6)14(3)8-9-22(15(4)19(20)25)10-13(2)17(24)18(21)22/h7,12-16,18-19,25H,1,8-11H2,2-6H3/t13?,14-,15+,16-,18+,19+,20-,21+,22+/m1/s1. The molecule has 3 saturated carbocycles. The second-order valence-electron chi connectivity index (χ2n) is 9.85. The summed E-state index contributed by atoms with van der Waals surface area (Å²) < 4.78 is 5.66. The highest BCUT2D eigenvalue weighted by Crippen LogP contribution is 2.68. The van der Waals surface area contributed by atoms with Crippen molar-refractivity contribution in [2.45, 2.75) is 72.5 Å². The summed E-state index contributed by atoms with van der Waals surface area (Å²) in [6, 6.07) is 0. The summed E-state index contributed by atoms with van der Waals surface area (Å²) in [5.74, 6) is 0.381. The third kappa shape index (κ3) is 2.30. The van der Waals surface area contributed by atoms with Crippen LogP contribution < -0.4 is 0 Å². The van der Waals surface area contributed by atoms with E-state index in [-0.39, 0.29) is 29.1 Å². The fraction of sp³-hybridized carbons (Fsp3) is 0.818. The smallest absolute Gasteiger partial charge is 0.293 e. The molecule has 0 heterocycles. The number of hydrogen-bond acceptors (Lipinski definition) is 4. The van der Waals surface area contributed by atoms with Gasteiger partial charge < -0.3 is 9.84 Å². The molecule has 0 aromatic rings. The predicted octanol–water partition coefficient (Wildman–Crippen LogP) is 3.77. The maximum Gasteiger partial charge on any atom is 0.293 e. The van der Waals surface area contributed by atoms with Crippen molar-refractivity contribution in [3.05, 3.63) is 12.7 Å². The fourth-order valence-corrected chi connectivity index (χ4v) is 6.88. The molecule has 9 atom stereocenters. The Morgan fingerprint density at radius 2 is 1.88 bits per heavy atom. The zero-order valence-corrected chi connectivity index (χ0v) is 16.8. The first-order valence-corrected chi connectivity index (χ1v) is 10.0. The molecule has 3 aliphatic carbocycles. The van der Waals surface area contributed by atoms with Crippen LogP contribution in [-0.2, 0) is 14.3 Å². The summed E-state index contributed by atoms with van der Waals surface area (Å²) in [5.41, 5.74) is -1.20. The van der Waals surface area contributed by atoms with Gasteiger partial charge in [-0.25, -0.2) is 0 Å². The van der Waals surface area contributed by atoms with Crippen LogP contribution in [0.25, 0.3) is 0 Å². The van der Waals surface area contributed by atoms with E-state index >= 15 is 0 Å². The first-order valence-electron chi connectivity index (χ1n) is 10.0. The minimum atomic E-state index is -0.615. The number of Topliss-reactive ketones (excluding diaryl/α,β-unsaturated/α-hetero) is 1. The minimum absolute atomic E-state index is 0.00611. The number of carbonyl (C=O) groups excluding carboxylic acids is 2. The highest BCUT2D eigenvalue weighted by atomic mass is 16.5. The van der Waals surface area contributed by atoms with Gasteiger partial charge >= 0.3 is 0 Å². The Bertz CT molecular complexity index is 615. The van der Waals surface area contributed by atoms with Gasteiger partial charge in [0.2, 0.25) is 0 Å². The lowest BCUT2D eigenvalue weighted by atomic mass is 9.44. The van der Waals surface area contributed by atoms with Gasteiger partial charge in [0.1, 0.15) is 11.9 Å². The third-order valence-electron chi connectivity index (χ3n) is 8.82. The second-order valence-corrected chi connectivity index (χ2v) is 9.85. The molecule has 1 N–H and O–H groups in total. The molecule has 3 fully saturated rings. The molecule has 146 valence electrons. The van der Waals surface area contributed by atoms with E-state index in [4.69, 9.17) is 4.74 Å². The minimum Gasteiger partial charge on any atom is -0.464 e. The molecule has 0 aromatic heterocycles. The van der Waals surface area contributed by atoms with E-state index in [1.54, 1.807) is 0 Å². The van der Waals surface area contributed by atoms with Gasteiger partial charge in [-0.1, -0.05) is 40.7 Å². The van der Waals surface area contributed by atoms with E-state index < -0.39 is 23.0 Å². The lowest BCUT2D eigenvalue weighted by Crippen LogP contribution is -2.62. The second kappa shape index (κ2) is 6.19. The lowest BCUT2D eigenvalue weighted by molar-refractivity contribution is -0.200. The molecule has 0 saturated heterocycles. The van der Waals surface area contributed by atoms with Crippen LogP contribution in [0.2, 0.25) is 0 Å². The van der Waals surface area contributed by atoms with Gasteiger partial charge in [-0.3, -0.25) is 9.59 Å². The number of ether oxygens (including phenoxy) is 1. The molecule has 4 nitrogen and oxygen atoms in total. The monoisotopic (exact) mass is 362 g/mol. The maximum absolute atomic E-state index is 13.4. The number of aliphatic hydroxyl groups excluding tert-OH is 1. The Morgan fingerprint density at radius 3 is 2.46 bits per heavy atom. The van der Waals surface area contributed by atoms with Gasteiger partial charge in [0.25, 0.3) is 6.47 Å². The largest absolute Gasteiger partial charge is 0.464 e. The molecular weight excluding hydrogens is 328 g/mol. The van der Waals surface area contributed by atoms with Crippen LogP contribution in [-0.4, -0.2) is 29.6 Å². The number of aliphatic hydroxyl groups is 1. The van der Waals surface area contributed by atoms with Crippen molar-refractivity contribution in [1.29, 1.82) is 0 Å². The zero-order valence-electron chi connectivity index (χ0n) is 16.8. The summed E-state index contributed by atoms with van der Waals surface area (Å²) in [6.45, 7) is 15.0. The Kier molecular flexibility index (Phi) is 4.66. The predicted molar refractivity (Wildman–Crippen MR) is 100 cm³/mol. The lowest BCUT2D eigenvalue weighted by Gasteiger charge is -2.61. The summed E-state index contributed by atoms with van der Waals surface area (Å²) in [4.78, 5) is 24.7. The number of carbonyl (C=O) groups is 2. The van der Waals surface area contributed by atoms with Gasteiger partial charge in [-0.15, -0.1) is 6.58 Å². The number of ketones is 1. The summed E-state index contributed by atoms with van der Waals surface area (Å²) in [6.07, 6.45) is 4.05. The molecule has 4 heteroatoms. The van der Waals surface area contributed by atoms with Crippen molar-refractivity contribution < 1.29 is 19.4 Å². The van der Waals surface area contributed by atoms with Crippen LogP contribution in [0.1, 0.15) is 60.3 Å². The molecule has 3 rings (SSSR count). The Morgan fingerprint density at radius 1 is 1.23 bits per heavy atom. The number of hydrogen-bond donors (Lipinski definition) is 1. The van der Waals surface area contributed by atoms with Crippen LogP contribution in [0.4, 0.5) is 0 Å². The van der Waals surface area contributed by atoms with Crippen molar-refractivity contribution in [3.63, 3.8) is 0 Å². The molecule has 0 amide bonds. The number of rotatable bonds is 3. The Balaban J connectivity index is 2.26. The summed E-state index contributed by atoms with van der Waals surface area (Å²) in [5, 5.41) is 11.3. The SMILES string of the molecule is C=C[C@]1(C)C[C@@H](OC=O)[C@]2(C)[C@H](C)CC[C@]3(CC(C)C(=O)[C@H]32)[C@@H](C)[C@@H]1O. The molecule has 2 bridgehead atoms. The van der Waals surface area contributed by atoms with Crippen molar-refractivity contribution in [2.24, 2.45) is 39.9 Å². The molecule has 26 heavy (non-hydrogen) atoms. The van der Waals surface area contributed by atoms with Gasteiger partial charge in [0.05, 0.1) is 6.10 Å². The fourth-order valence-electron chi connectivity index (χ4n) is 6.88. The molecular formula is C22H34O4. The van der Waals surface area contributed by atoms with Crippen LogP contribution in [0.3, 0.4) is 0 Å². The Labute approximate surface area is 157 Å². The molecule has 0 aliphatic heterocycles. The molecule has 0 radical (unpaired) electrons. The molecule has 1 unspecified atom stereocenters. The third-order valence-corrected chi connectivity index (χ3v) is 8.82. The van der Waals surface area contributed by atoms with E-state index in [0.29, 0.717) is 18.7 Å². The topological polar surface area (TPSA) is 63.6 Å². The van der Waals surface area contributed by atoms with E-state index in [0.717, 1.165) is 19.3 Å². The Hall–Kier alpha value is -1.16. The molecule has 3 aliphatic rings. The quantitative estimate of drug-likeness (QED) is 0.613. The van der Waals surface area contributed by atoms with E-state index in [1.165, 1.54) is 0 Å². The normalized spacial score (nSPS) is 54.0. The molecule has 0 aromatic carbocycles. The van der Waals surface area contributed by atoms with Gasteiger partial charge in [0.15, 0.2) is 0 Å². The maximum atomic E-state index is 13.4. The van der Waals surface area contributed by atoms with Gasteiger partial charge in [-0.05, 0) is 42.9 Å². The van der Waals surface area contributed by atoms with E-state index in [1.807, 2.05) is 19.9 Å². The highest BCUT2D eigenvalue weighted by molar-refractivity contribution is 5.87. The van der Waals surface area contributed by atoms with Crippen molar-refractivity contribution in [1.82, 2.24) is 0 Å². The van der Waals surface area contributed by atoms with Gasteiger partial charge in [-0.2, -0.15) is 0 Å². The van der Waals surface area contributed by atoms with Gasteiger partial charge in [0, 0.05) is 22.7 Å². The van der Waals surface area contributed by atoms with Crippen LogP contribution >= 0.6 is 0 Å². The van der Waals surface area contributed by atoms with E-state index in [2.05, 4.69) is 27.4 Å². The van der Waals surface area contributed by atoms with Crippen molar-refractivity contribution >= 4 is 12.3 Å². The summed E-state index contributed by atoms with van der Waals surface area (Å²) in [7, 11) is 0. The average molecular weight is 363 g/mol. The molecule has 0 spiro atoms. The van der Waals surface area contributed by atoms with Crippen LogP contribution in [0.5, 0.6) is 0 Å². The first kappa shape index (κ1) is 19.6. The van der Waals surface area contributed by atoms with Crippen molar-refractivity contribution in [3.8, 4) is 0 Å². The van der Waals surface area contributed by atoms with Crippen LogP contribution in [0.15, 0.2) is 12.7 Å². The zero-order chi connectivity index (χ0) is 19.5. The van der Waals surface area contributed by atoms with Crippen molar-refractivity contribution in [2.75, 3.05) is 0 Å². The average Bonchev–Trinajstić information content (AvgIpc) is 2.88. The first-order chi connectivity index (χ1) is 12.1. The van der Waals surface area contributed by atoms with Crippen LogP contribution in [0, 0.1) is 39.9 Å². The highest BCUT2D eigenvalue weighted by Gasteiger charge is 2.69.